The van der Waals surface area contributed by atoms with Gasteiger partial charge >= 0.3 is 6.18 Å². The van der Waals surface area contributed by atoms with Gasteiger partial charge in [0, 0.05) is 13.2 Å². The Kier molecular flexibility index (Phi) is 5.21. The first-order valence-corrected chi connectivity index (χ1v) is 11.6. The van der Waals surface area contributed by atoms with E-state index < -0.39 is 27.3 Å². The van der Waals surface area contributed by atoms with Gasteiger partial charge in [0.15, 0.2) is 0 Å². The van der Waals surface area contributed by atoms with E-state index in [2.05, 4.69) is 20.2 Å². The van der Waals surface area contributed by atoms with Crippen molar-refractivity contribution in [2.24, 2.45) is 10.7 Å². The second kappa shape index (κ2) is 7.42. The van der Waals surface area contributed by atoms with Gasteiger partial charge < -0.3 is 10.2 Å². The number of alkyl halides is 3. The smallest absolute Gasteiger partial charge is 0.414 e. The summed E-state index contributed by atoms with van der Waals surface area (Å²) >= 11 is 7.46. The zero-order chi connectivity index (χ0) is 23.5. The number of hydrogen-bond acceptors (Lipinski definition) is 9. The quantitative estimate of drug-likeness (QED) is 0.577. The molecule has 0 aromatic carbocycles. The van der Waals surface area contributed by atoms with Crippen molar-refractivity contribution in [2.75, 3.05) is 12.8 Å². The van der Waals surface area contributed by atoms with Crippen LogP contribution in [0.5, 0.6) is 0 Å². The Morgan fingerprint density at radius 3 is 2.56 bits per heavy atom. The zero-order valence-electron chi connectivity index (χ0n) is 16.4. The highest BCUT2D eigenvalue weighted by atomic mass is 35.5. The number of nitrogens with two attached hydrogens (primary N) is 1. The molecule has 0 fully saturated rings. The van der Waals surface area contributed by atoms with Crippen LogP contribution >= 0.6 is 22.9 Å². The molecule has 0 saturated carbocycles. The fraction of sp³-hybridized carbons (Fsp3) is 0.294. The van der Waals surface area contributed by atoms with Crippen LogP contribution in [0.4, 0.5) is 13.2 Å². The molecule has 1 atom stereocenters. The van der Waals surface area contributed by atoms with Gasteiger partial charge in [0.25, 0.3) is 11.8 Å². The Bertz CT molecular complexity index is 1320. The van der Waals surface area contributed by atoms with E-state index in [9.17, 15) is 21.6 Å². The maximum Gasteiger partial charge on any atom is 0.417 e. The minimum absolute atomic E-state index is 0.0381. The molecular weight excluding hydrogens is 493 g/mol. The lowest BCUT2D eigenvalue weighted by Crippen LogP contribution is -2.50. The number of thiophene rings is 1. The van der Waals surface area contributed by atoms with Gasteiger partial charge in [0.2, 0.25) is 16.0 Å². The van der Waals surface area contributed by atoms with Crippen molar-refractivity contribution in [3.63, 3.8) is 0 Å². The van der Waals surface area contributed by atoms with E-state index in [1.54, 1.807) is 6.92 Å². The van der Waals surface area contributed by atoms with Gasteiger partial charge in [-0.2, -0.15) is 13.2 Å². The lowest BCUT2D eigenvalue weighted by Gasteiger charge is -2.33. The normalized spacial score (nSPS) is 20.9. The molecule has 0 aliphatic carbocycles. The number of aromatic nitrogens is 3. The predicted molar refractivity (Wildman–Crippen MR) is 111 cm³/mol. The summed E-state index contributed by atoms with van der Waals surface area (Å²) in [6, 6.07) is 3.49. The largest absolute Gasteiger partial charge is 0.417 e. The number of aliphatic imine (C=N–C) groups is 1. The fourth-order valence-electron chi connectivity index (χ4n) is 3.02. The SMILES string of the molecule is CN1C(N)=N[C@](C)(c2sc(-c3nnc(-c4ccc(C(F)(F)F)cn4)o3)cc2Cl)CS1(=O)=O. The van der Waals surface area contributed by atoms with Crippen LogP contribution in [0.2, 0.25) is 5.02 Å². The Morgan fingerprint density at radius 2 is 1.97 bits per heavy atom. The third-order valence-corrected chi connectivity index (χ3v) is 8.42. The van der Waals surface area contributed by atoms with Crippen molar-refractivity contribution in [3.8, 4) is 22.4 Å². The number of sulfonamides is 1. The van der Waals surface area contributed by atoms with Gasteiger partial charge in [-0.1, -0.05) is 11.6 Å². The van der Waals surface area contributed by atoms with Crippen LogP contribution in [0.3, 0.4) is 0 Å². The maximum atomic E-state index is 12.7. The first kappa shape index (κ1) is 22.5. The summed E-state index contributed by atoms with van der Waals surface area (Å²) in [5.74, 6) is -0.564. The lowest BCUT2D eigenvalue weighted by atomic mass is 10.0. The molecule has 32 heavy (non-hydrogen) atoms. The molecule has 15 heteroatoms. The topological polar surface area (TPSA) is 128 Å². The number of hydrogen-bond donors (Lipinski definition) is 1. The molecular formula is C17H14ClF3N6O3S2. The van der Waals surface area contributed by atoms with Gasteiger partial charge in [-0.05, 0) is 25.1 Å². The zero-order valence-corrected chi connectivity index (χ0v) is 18.8. The number of rotatable bonds is 3. The third-order valence-electron chi connectivity index (χ3n) is 4.69. The Morgan fingerprint density at radius 1 is 1.28 bits per heavy atom. The van der Waals surface area contributed by atoms with Crippen LogP contribution in [0.25, 0.3) is 22.4 Å². The molecule has 2 N–H and O–H groups in total. The summed E-state index contributed by atoms with van der Waals surface area (Å²) in [5.41, 5.74) is 3.71. The first-order valence-electron chi connectivity index (χ1n) is 8.79. The second-order valence-electron chi connectivity index (χ2n) is 7.10. The molecule has 170 valence electrons. The summed E-state index contributed by atoms with van der Waals surface area (Å²) in [4.78, 5) is 8.88. The average Bonchev–Trinajstić information content (AvgIpc) is 3.32. The van der Waals surface area contributed by atoms with Gasteiger partial charge in [0.05, 0.1) is 26.1 Å². The molecule has 3 aromatic rings. The van der Waals surface area contributed by atoms with Crippen LogP contribution in [-0.2, 0) is 21.7 Å². The summed E-state index contributed by atoms with van der Waals surface area (Å²) < 4.78 is 69.4. The van der Waals surface area contributed by atoms with E-state index in [1.165, 1.54) is 13.1 Å². The summed E-state index contributed by atoms with van der Waals surface area (Å²) in [7, 11) is -2.39. The number of pyridine rings is 1. The van der Waals surface area contributed by atoms with Crippen molar-refractivity contribution in [1.29, 1.82) is 0 Å². The van der Waals surface area contributed by atoms with Crippen LogP contribution in [0, 0.1) is 0 Å². The van der Waals surface area contributed by atoms with Crippen molar-refractivity contribution >= 4 is 38.9 Å². The summed E-state index contributed by atoms with van der Waals surface area (Å²) in [6.45, 7) is 1.59. The van der Waals surface area contributed by atoms with Crippen LogP contribution < -0.4 is 5.73 Å². The molecule has 0 unspecified atom stereocenters. The van der Waals surface area contributed by atoms with Crippen molar-refractivity contribution in [3.05, 3.63) is 39.9 Å². The maximum absolute atomic E-state index is 12.7. The molecule has 0 saturated heterocycles. The van der Waals surface area contributed by atoms with Gasteiger partial charge in [0.1, 0.15) is 11.2 Å². The third kappa shape index (κ3) is 3.93. The van der Waals surface area contributed by atoms with E-state index in [0.29, 0.717) is 16.0 Å². The van der Waals surface area contributed by atoms with E-state index >= 15 is 0 Å². The summed E-state index contributed by atoms with van der Waals surface area (Å²) in [6.07, 6.45) is -3.85. The molecule has 0 radical (unpaired) electrons. The predicted octanol–water partition coefficient (Wildman–Crippen LogP) is 3.34. The lowest BCUT2D eigenvalue weighted by molar-refractivity contribution is -0.137. The highest BCUT2D eigenvalue weighted by Gasteiger charge is 2.42. The van der Waals surface area contributed by atoms with Gasteiger partial charge in [-0.25, -0.2) is 17.7 Å². The minimum atomic E-state index is -4.51. The van der Waals surface area contributed by atoms with Gasteiger partial charge in [-0.3, -0.25) is 4.98 Å². The molecule has 4 heterocycles. The van der Waals surface area contributed by atoms with Crippen molar-refractivity contribution < 1.29 is 26.0 Å². The molecule has 0 amide bonds. The van der Waals surface area contributed by atoms with E-state index in [1.807, 2.05) is 0 Å². The highest BCUT2D eigenvalue weighted by Crippen LogP contribution is 2.44. The molecule has 3 aromatic heterocycles. The van der Waals surface area contributed by atoms with Crippen LogP contribution in [0.1, 0.15) is 17.4 Å². The van der Waals surface area contributed by atoms with Gasteiger partial charge in [-0.15, -0.1) is 21.5 Å². The van der Waals surface area contributed by atoms with Crippen LogP contribution in [0.15, 0.2) is 33.8 Å². The monoisotopic (exact) mass is 506 g/mol. The Balaban J connectivity index is 1.67. The molecule has 9 nitrogen and oxygen atoms in total. The van der Waals surface area contributed by atoms with Crippen molar-refractivity contribution in [1.82, 2.24) is 19.5 Å². The molecule has 4 rings (SSSR count). The van der Waals surface area contributed by atoms with Crippen molar-refractivity contribution in [2.45, 2.75) is 18.6 Å². The van der Waals surface area contributed by atoms with E-state index in [4.69, 9.17) is 21.8 Å². The Labute approximate surface area is 188 Å². The van der Waals surface area contributed by atoms with E-state index in [-0.39, 0.29) is 34.2 Å². The second-order valence-corrected chi connectivity index (χ2v) is 10.6. The minimum Gasteiger partial charge on any atom is -0.414 e. The molecule has 0 spiro atoms. The van der Waals surface area contributed by atoms with E-state index in [0.717, 1.165) is 27.8 Å². The standard InChI is InChI=1S/C17H14ClF3N6O3S2/c1-16(7-32(28,29)27(2)15(22)24-16)12-9(18)5-11(31-12)14-26-25-13(30-14)10-4-3-8(6-23-10)17(19,20)21/h3-6H,7H2,1-2H3,(H2,22,24)/t16-/m0/s1. The number of guanidine groups is 1. The molecule has 0 bridgehead atoms. The fourth-order valence-corrected chi connectivity index (χ4v) is 6.11. The Hall–Kier alpha value is -2.71. The highest BCUT2D eigenvalue weighted by molar-refractivity contribution is 7.89. The number of nitrogens with zero attached hydrogens (tertiary/aromatic N) is 5. The average molecular weight is 507 g/mol. The number of halogens is 4. The first-order chi connectivity index (χ1) is 14.8. The van der Waals surface area contributed by atoms with Crippen LogP contribution in [-0.4, -0.2) is 46.7 Å². The molecule has 1 aliphatic rings. The molecule has 1 aliphatic heterocycles. The summed E-state index contributed by atoms with van der Waals surface area (Å²) in [5, 5.41) is 7.95.